The molecule has 0 heterocycles. The molecule has 1 atom stereocenters. The van der Waals surface area contributed by atoms with Crippen LogP contribution in [-0.2, 0) is 12.8 Å². The smallest absolute Gasteiger partial charge is 0.129 e. The van der Waals surface area contributed by atoms with Gasteiger partial charge in [-0.2, -0.15) is 5.26 Å². The summed E-state index contributed by atoms with van der Waals surface area (Å²) < 4.78 is 28.2. The minimum atomic E-state index is -0.449. The first-order valence-corrected chi connectivity index (χ1v) is 7.06. The van der Waals surface area contributed by atoms with Gasteiger partial charge in [-0.3, -0.25) is 0 Å². The molecule has 0 fully saturated rings. The van der Waals surface area contributed by atoms with Gasteiger partial charge in [-0.1, -0.05) is 6.07 Å². The number of fused-ring (bicyclic) bond motifs is 1. The van der Waals surface area contributed by atoms with Crippen molar-refractivity contribution in [3.05, 3.63) is 69.8 Å². The van der Waals surface area contributed by atoms with Crippen LogP contribution < -0.4 is 0 Å². The third kappa shape index (κ3) is 2.54. The molecule has 0 radical (unpaired) electrons. The molecule has 2 aromatic carbocycles. The van der Waals surface area contributed by atoms with Crippen molar-refractivity contribution in [2.75, 3.05) is 0 Å². The van der Waals surface area contributed by atoms with E-state index in [0.717, 1.165) is 17.5 Å². The fraction of sp³-hybridized carbons (Fsp3) is 0.278. The molecule has 106 valence electrons. The van der Waals surface area contributed by atoms with E-state index in [-0.39, 0.29) is 11.5 Å². The van der Waals surface area contributed by atoms with E-state index in [2.05, 4.69) is 6.07 Å². The number of benzene rings is 2. The summed E-state index contributed by atoms with van der Waals surface area (Å²) in [5.41, 5.74) is 3.65. The molecule has 0 spiro atoms. The van der Waals surface area contributed by atoms with E-state index in [1.807, 2.05) is 12.1 Å². The molecular weight excluding hydrogens is 268 g/mol. The topological polar surface area (TPSA) is 23.8 Å². The maximum absolute atomic E-state index is 14.1. The predicted octanol–water partition coefficient (Wildman–Crippen LogP) is 4.42. The van der Waals surface area contributed by atoms with Gasteiger partial charge >= 0.3 is 0 Å². The molecule has 1 nitrogen and oxygen atoms in total. The quantitative estimate of drug-likeness (QED) is 0.760. The van der Waals surface area contributed by atoms with Crippen LogP contribution in [-0.4, -0.2) is 0 Å². The summed E-state index contributed by atoms with van der Waals surface area (Å²) in [7, 11) is 0. The number of aryl methyl sites for hydroxylation is 2. The van der Waals surface area contributed by atoms with Gasteiger partial charge in [0.25, 0.3) is 0 Å². The van der Waals surface area contributed by atoms with Gasteiger partial charge in [0.05, 0.1) is 11.6 Å². The monoisotopic (exact) mass is 283 g/mol. The van der Waals surface area contributed by atoms with Crippen molar-refractivity contribution in [2.45, 2.75) is 32.1 Å². The third-order valence-corrected chi connectivity index (χ3v) is 4.20. The third-order valence-electron chi connectivity index (χ3n) is 4.20. The minimum Gasteiger partial charge on any atom is -0.207 e. The number of rotatable bonds is 1. The van der Waals surface area contributed by atoms with E-state index in [1.54, 1.807) is 13.0 Å². The molecule has 1 aliphatic carbocycles. The van der Waals surface area contributed by atoms with Crippen molar-refractivity contribution in [3.63, 3.8) is 0 Å². The second-order valence-electron chi connectivity index (χ2n) is 5.68. The normalized spacial score (nSPS) is 17.1. The van der Waals surface area contributed by atoms with Crippen LogP contribution in [0.2, 0.25) is 0 Å². The number of hydrogen-bond acceptors (Lipinski definition) is 1. The standard InChI is InChI=1S/C18H15F2N/c1-11-6-16(19)18(17(20)7-11)15-5-4-13-8-12(10-21)2-3-14(13)9-15/h2-3,6-8,15H,4-5,9H2,1H3. The Kier molecular flexibility index (Phi) is 3.47. The summed E-state index contributed by atoms with van der Waals surface area (Å²) in [6.07, 6.45) is 2.08. The molecule has 0 saturated carbocycles. The highest BCUT2D eigenvalue weighted by molar-refractivity contribution is 5.41. The molecule has 0 amide bonds. The first-order chi connectivity index (χ1) is 10.1. The molecule has 0 N–H and O–H groups in total. The molecule has 0 bridgehead atoms. The van der Waals surface area contributed by atoms with E-state index < -0.39 is 11.6 Å². The van der Waals surface area contributed by atoms with Crippen molar-refractivity contribution in [1.82, 2.24) is 0 Å². The summed E-state index contributed by atoms with van der Waals surface area (Å²) in [5.74, 6) is -1.03. The highest BCUT2D eigenvalue weighted by atomic mass is 19.1. The number of hydrogen-bond donors (Lipinski definition) is 0. The molecule has 0 aromatic heterocycles. The molecule has 3 heteroatoms. The lowest BCUT2D eigenvalue weighted by Gasteiger charge is -2.26. The fourth-order valence-corrected chi connectivity index (χ4v) is 3.17. The van der Waals surface area contributed by atoms with Gasteiger partial charge in [-0.15, -0.1) is 0 Å². The van der Waals surface area contributed by atoms with Crippen molar-refractivity contribution in [3.8, 4) is 6.07 Å². The average molecular weight is 283 g/mol. The highest BCUT2D eigenvalue weighted by Crippen LogP contribution is 2.35. The molecule has 0 saturated heterocycles. The Morgan fingerprint density at radius 2 is 1.81 bits per heavy atom. The Morgan fingerprint density at radius 3 is 2.48 bits per heavy atom. The number of nitrogens with zero attached hydrogens (tertiary/aromatic N) is 1. The lowest BCUT2D eigenvalue weighted by molar-refractivity contribution is 0.490. The van der Waals surface area contributed by atoms with Gasteiger partial charge < -0.3 is 0 Å². The zero-order valence-corrected chi connectivity index (χ0v) is 11.8. The SMILES string of the molecule is Cc1cc(F)c(C2CCc3cc(C#N)ccc3C2)c(F)c1. The Balaban J connectivity index is 1.95. The number of halogens is 2. The van der Waals surface area contributed by atoms with Crippen LogP contribution in [0.3, 0.4) is 0 Å². The van der Waals surface area contributed by atoms with Gasteiger partial charge in [0.1, 0.15) is 11.6 Å². The summed E-state index contributed by atoms with van der Waals surface area (Å²) in [6.45, 7) is 1.69. The van der Waals surface area contributed by atoms with Gasteiger partial charge in [-0.05, 0) is 73.1 Å². The molecule has 1 aliphatic rings. The van der Waals surface area contributed by atoms with Crippen molar-refractivity contribution in [2.24, 2.45) is 0 Å². The van der Waals surface area contributed by atoms with Crippen LogP contribution >= 0.6 is 0 Å². The van der Waals surface area contributed by atoms with Gasteiger partial charge in [-0.25, -0.2) is 8.78 Å². The predicted molar refractivity (Wildman–Crippen MR) is 77.0 cm³/mol. The summed E-state index contributed by atoms with van der Waals surface area (Å²) in [6, 6.07) is 10.5. The molecule has 2 aromatic rings. The molecule has 3 rings (SSSR count). The summed E-state index contributed by atoms with van der Waals surface area (Å²) >= 11 is 0. The van der Waals surface area contributed by atoms with Gasteiger partial charge in [0.15, 0.2) is 0 Å². The van der Waals surface area contributed by atoms with Crippen LogP contribution in [0.15, 0.2) is 30.3 Å². The van der Waals surface area contributed by atoms with E-state index in [1.165, 1.54) is 12.1 Å². The van der Waals surface area contributed by atoms with Crippen molar-refractivity contribution < 1.29 is 8.78 Å². The van der Waals surface area contributed by atoms with E-state index in [4.69, 9.17) is 5.26 Å². The lowest BCUT2D eigenvalue weighted by Crippen LogP contribution is -2.15. The molecule has 1 unspecified atom stereocenters. The Labute approximate surface area is 122 Å². The summed E-state index contributed by atoms with van der Waals surface area (Å²) in [4.78, 5) is 0. The van der Waals surface area contributed by atoms with Crippen LogP contribution in [0, 0.1) is 29.9 Å². The molecule has 0 aliphatic heterocycles. The lowest BCUT2D eigenvalue weighted by atomic mass is 9.79. The first kappa shape index (κ1) is 13.8. The van der Waals surface area contributed by atoms with E-state index in [0.29, 0.717) is 24.0 Å². The van der Waals surface area contributed by atoms with Crippen LogP contribution in [0.5, 0.6) is 0 Å². The second-order valence-corrected chi connectivity index (χ2v) is 5.68. The maximum Gasteiger partial charge on any atom is 0.129 e. The highest BCUT2D eigenvalue weighted by Gasteiger charge is 2.25. The van der Waals surface area contributed by atoms with Crippen LogP contribution in [0.4, 0.5) is 8.78 Å². The van der Waals surface area contributed by atoms with Gasteiger partial charge in [0.2, 0.25) is 0 Å². The fourth-order valence-electron chi connectivity index (χ4n) is 3.17. The maximum atomic E-state index is 14.1. The van der Waals surface area contributed by atoms with Crippen LogP contribution in [0.25, 0.3) is 0 Å². The van der Waals surface area contributed by atoms with E-state index >= 15 is 0 Å². The van der Waals surface area contributed by atoms with Crippen molar-refractivity contribution >= 4 is 0 Å². The largest absolute Gasteiger partial charge is 0.207 e. The van der Waals surface area contributed by atoms with Gasteiger partial charge in [0, 0.05) is 5.56 Å². The Bertz CT molecular complexity index is 720. The molecule has 21 heavy (non-hydrogen) atoms. The second kappa shape index (κ2) is 5.29. The Hall–Kier alpha value is -2.21. The van der Waals surface area contributed by atoms with E-state index in [9.17, 15) is 8.78 Å². The number of nitriles is 1. The zero-order valence-electron chi connectivity index (χ0n) is 11.8. The average Bonchev–Trinajstić information content (AvgIpc) is 2.45. The molecular formula is C18H15F2N. The van der Waals surface area contributed by atoms with Crippen LogP contribution in [0.1, 0.15) is 40.2 Å². The summed E-state index contributed by atoms with van der Waals surface area (Å²) in [5, 5.41) is 8.92. The Morgan fingerprint density at radius 1 is 1.10 bits per heavy atom. The first-order valence-electron chi connectivity index (χ1n) is 7.06. The zero-order chi connectivity index (χ0) is 15.0. The van der Waals surface area contributed by atoms with Crippen molar-refractivity contribution in [1.29, 1.82) is 5.26 Å². The minimum absolute atomic E-state index is 0.133.